The summed E-state index contributed by atoms with van der Waals surface area (Å²) >= 11 is 13.1. The zero-order valence-corrected chi connectivity index (χ0v) is 10.4. The minimum atomic E-state index is 0.0441. The van der Waals surface area contributed by atoms with Crippen LogP contribution in [0.4, 0.5) is 0 Å². The molecular weight excluding hydrogens is 253 g/mol. The van der Waals surface area contributed by atoms with Gasteiger partial charge in [-0.15, -0.1) is 22.9 Å². The Morgan fingerprint density at radius 1 is 1.67 bits per heavy atom. The third kappa shape index (κ3) is 2.30. The van der Waals surface area contributed by atoms with Crippen molar-refractivity contribution in [2.45, 2.75) is 6.42 Å². The van der Waals surface area contributed by atoms with E-state index in [9.17, 15) is 4.79 Å². The highest BCUT2D eigenvalue weighted by molar-refractivity contribution is 7.12. The molecule has 0 aliphatic carbocycles. The largest absolute Gasteiger partial charge is 0.338 e. The number of carbonyl (C=O) groups excluding carboxylic acids is 1. The van der Waals surface area contributed by atoms with Crippen LogP contribution in [-0.4, -0.2) is 29.8 Å². The molecule has 0 bridgehead atoms. The summed E-state index contributed by atoms with van der Waals surface area (Å²) in [6, 6.07) is 1.76. The molecule has 5 heteroatoms. The summed E-state index contributed by atoms with van der Waals surface area (Å²) in [5.74, 6) is 1.11. The number of nitrogens with zero attached hydrogens (tertiary/aromatic N) is 1. The van der Waals surface area contributed by atoms with Crippen LogP contribution < -0.4 is 0 Å². The standard InChI is InChI=1S/C10H11Cl2NOS/c11-5-7-1-3-13(6-7)10(14)9-8(12)2-4-15-9/h2,4,7H,1,3,5-6H2. The summed E-state index contributed by atoms with van der Waals surface area (Å²) in [6.07, 6.45) is 0.998. The fraction of sp³-hybridized carbons (Fsp3) is 0.500. The van der Waals surface area contributed by atoms with Crippen LogP contribution >= 0.6 is 34.5 Å². The van der Waals surface area contributed by atoms with E-state index < -0.39 is 0 Å². The van der Waals surface area contributed by atoms with Gasteiger partial charge in [0, 0.05) is 19.0 Å². The maximum atomic E-state index is 12.0. The SMILES string of the molecule is O=C(c1sccc1Cl)N1CCC(CCl)C1. The van der Waals surface area contributed by atoms with Crippen LogP contribution in [0.5, 0.6) is 0 Å². The van der Waals surface area contributed by atoms with Gasteiger partial charge in [0.1, 0.15) is 4.88 Å². The van der Waals surface area contributed by atoms with Crippen LogP contribution in [0.1, 0.15) is 16.1 Å². The molecule has 0 N–H and O–H groups in total. The van der Waals surface area contributed by atoms with E-state index in [4.69, 9.17) is 23.2 Å². The highest BCUT2D eigenvalue weighted by Gasteiger charge is 2.27. The first kappa shape index (κ1) is 11.2. The quantitative estimate of drug-likeness (QED) is 0.751. The van der Waals surface area contributed by atoms with Gasteiger partial charge >= 0.3 is 0 Å². The normalized spacial score (nSPS) is 20.9. The topological polar surface area (TPSA) is 20.3 Å². The number of alkyl halides is 1. The van der Waals surface area contributed by atoms with Gasteiger partial charge in [-0.2, -0.15) is 0 Å². The third-order valence-corrected chi connectivity index (χ3v) is 4.37. The molecular formula is C10H11Cl2NOS. The highest BCUT2D eigenvalue weighted by Crippen LogP contribution is 2.26. The fourth-order valence-corrected chi connectivity index (χ4v) is 3.09. The van der Waals surface area contributed by atoms with Crippen LogP contribution in [0, 0.1) is 5.92 Å². The van der Waals surface area contributed by atoms with E-state index in [1.807, 2.05) is 10.3 Å². The molecule has 2 rings (SSSR count). The van der Waals surface area contributed by atoms with Gasteiger partial charge in [0.25, 0.3) is 5.91 Å². The molecule has 82 valence electrons. The monoisotopic (exact) mass is 263 g/mol. The van der Waals surface area contributed by atoms with Crippen molar-refractivity contribution in [1.82, 2.24) is 4.90 Å². The number of amides is 1. The van der Waals surface area contributed by atoms with Crippen molar-refractivity contribution >= 4 is 40.4 Å². The van der Waals surface area contributed by atoms with Crippen molar-refractivity contribution in [2.75, 3.05) is 19.0 Å². The van der Waals surface area contributed by atoms with Crippen LogP contribution in [0.2, 0.25) is 5.02 Å². The lowest BCUT2D eigenvalue weighted by Crippen LogP contribution is -2.28. The Morgan fingerprint density at radius 3 is 3.00 bits per heavy atom. The summed E-state index contributed by atoms with van der Waals surface area (Å²) in [5, 5.41) is 2.39. The van der Waals surface area contributed by atoms with Gasteiger partial charge in [-0.3, -0.25) is 4.79 Å². The van der Waals surface area contributed by atoms with E-state index >= 15 is 0 Å². The molecule has 1 atom stereocenters. The Hall–Kier alpha value is -0.250. The van der Waals surface area contributed by atoms with E-state index in [0.29, 0.717) is 21.7 Å². The number of halogens is 2. The molecule has 1 aliphatic rings. The summed E-state index contributed by atoms with van der Waals surface area (Å²) in [4.78, 5) is 14.5. The Kier molecular flexibility index (Phi) is 3.54. The van der Waals surface area contributed by atoms with Gasteiger partial charge in [0.15, 0.2) is 0 Å². The molecule has 2 heterocycles. The van der Waals surface area contributed by atoms with E-state index in [1.54, 1.807) is 6.07 Å². The molecule has 1 aliphatic heterocycles. The Morgan fingerprint density at radius 2 is 2.47 bits per heavy atom. The van der Waals surface area contributed by atoms with Crippen molar-refractivity contribution in [1.29, 1.82) is 0 Å². The average Bonchev–Trinajstić information content (AvgIpc) is 2.84. The molecule has 1 fully saturated rings. The fourth-order valence-electron chi connectivity index (χ4n) is 1.73. The lowest BCUT2D eigenvalue weighted by atomic mass is 10.2. The summed E-state index contributed by atoms with van der Waals surface area (Å²) in [7, 11) is 0. The lowest BCUT2D eigenvalue weighted by molar-refractivity contribution is 0.0793. The number of hydrogen-bond acceptors (Lipinski definition) is 2. The molecule has 1 unspecified atom stereocenters. The predicted octanol–water partition coefficient (Wildman–Crippen LogP) is 3.10. The maximum absolute atomic E-state index is 12.0. The van der Waals surface area contributed by atoms with Gasteiger partial charge in [-0.1, -0.05) is 11.6 Å². The third-order valence-electron chi connectivity index (χ3n) is 2.60. The van der Waals surface area contributed by atoms with Crippen LogP contribution in [-0.2, 0) is 0 Å². The second-order valence-corrected chi connectivity index (χ2v) is 5.29. The molecule has 1 aromatic heterocycles. The summed E-state index contributed by atoms with van der Waals surface area (Å²) in [6.45, 7) is 1.56. The Bertz CT molecular complexity index is 366. The van der Waals surface area contributed by atoms with Crippen molar-refractivity contribution in [2.24, 2.45) is 5.92 Å². The van der Waals surface area contributed by atoms with Gasteiger partial charge in [0.2, 0.25) is 0 Å². The number of hydrogen-bond donors (Lipinski definition) is 0. The minimum absolute atomic E-state index is 0.0441. The minimum Gasteiger partial charge on any atom is -0.338 e. The Balaban J connectivity index is 2.07. The first-order valence-corrected chi connectivity index (χ1v) is 6.60. The second-order valence-electron chi connectivity index (χ2n) is 3.66. The van der Waals surface area contributed by atoms with E-state index in [2.05, 4.69) is 0 Å². The summed E-state index contributed by atoms with van der Waals surface area (Å²) < 4.78 is 0. The highest BCUT2D eigenvalue weighted by atomic mass is 35.5. The zero-order valence-electron chi connectivity index (χ0n) is 8.08. The van der Waals surface area contributed by atoms with Crippen molar-refractivity contribution in [3.8, 4) is 0 Å². The molecule has 15 heavy (non-hydrogen) atoms. The lowest BCUT2D eigenvalue weighted by Gasteiger charge is -2.15. The predicted molar refractivity (Wildman–Crippen MR) is 64.1 cm³/mol. The van der Waals surface area contributed by atoms with Crippen LogP contribution in [0.15, 0.2) is 11.4 Å². The average molecular weight is 264 g/mol. The molecule has 0 saturated carbocycles. The van der Waals surface area contributed by atoms with Gasteiger partial charge in [0.05, 0.1) is 5.02 Å². The number of likely N-dealkylation sites (tertiary alicyclic amines) is 1. The number of thiophene rings is 1. The smallest absolute Gasteiger partial charge is 0.265 e. The number of carbonyl (C=O) groups is 1. The van der Waals surface area contributed by atoms with Gasteiger partial charge < -0.3 is 4.90 Å². The first-order valence-electron chi connectivity index (χ1n) is 4.80. The van der Waals surface area contributed by atoms with Crippen LogP contribution in [0.3, 0.4) is 0 Å². The molecule has 1 aromatic rings. The molecule has 1 saturated heterocycles. The molecule has 2 nitrogen and oxygen atoms in total. The molecule has 0 aromatic carbocycles. The molecule has 1 amide bonds. The van der Waals surface area contributed by atoms with Gasteiger partial charge in [-0.25, -0.2) is 0 Å². The number of rotatable bonds is 2. The second kappa shape index (κ2) is 4.73. The zero-order chi connectivity index (χ0) is 10.8. The van der Waals surface area contributed by atoms with Crippen LogP contribution in [0.25, 0.3) is 0 Å². The van der Waals surface area contributed by atoms with E-state index in [0.717, 1.165) is 19.5 Å². The molecule has 0 spiro atoms. The van der Waals surface area contributed by atoms with Gasteiger partial charge in [-0.05, 0) is 23.8 Å². The van der Waals surface area contributed by atoms with E-state index in [1.165, 1.54) is 11.3 Å². The van der Waals surface area contributed by atoms with Crippen molar-refractivity contribution < 1.29 is 4.79 Å². The first-order chi connectivity index (χ1) is 7.22. The maximum Gasteiger partial charge on any atom is 0.265 e. The van der Waals surface area contributed by atoms with E-state index in [-0.39, 0.29) is 5.91 Å². The Labute approximate surface area is 103 Å². The molecule has 0 radical (unpaired) electrons. The summed E-state index contributed by atoms with van der Waals surface area (Å²) in [5.41, 5.74) is 0. The van der Waals surface area contributed by atoms with Crippen molar-refractivity contribution in [3.63, 3.8) is 0 Å². The van der Waals surface area contributed by atoms with Crippen molar-refractivity contribution in [3.05, 3.63) is 21.3 Å².